The Balaban J connectivity index is 1.85. The number of nitrogens with zero attached hydrogens (tertiary/aromatic N) is 2. The molecular formula is C17H17ClN4O3. The SMILES string of the molecule is COCc1[nH]nc(NC(=O)Cc2cc(C)no2)c1-c1ccc(Cl)cc1. The van der Waals surface area contributed by atoms with E-state index < -0.39 is 0 Å². The van der Waals surface area contributed by atoms with Gasteiger partial charge in [0.15, 0.2) is 5.82 Å². The highest BCUT2D eigenvalue weighted by atomic mass is 35.5. The summed E-state index contributed by atoms with van der Waals surface area (Å²) in [4.78, 5) is 12.3. The van der Waals surface area contributed by atoms with Crippen molar-refractivity contribution in [1.29, 1.82) is 0 Å². The highest BCUT2D eigenvalue weighted by Gasteiger charge is 2.18. The first kappa shape index (κ1) is 17.2. The third-order valence-electron chi connectivity index (χ3n) is 3.53. The molecule has 8 heteroatoms. The summed E-state index contributed by atoms with van der Waals surface area (Å²) >= 11 is 5.96. The van der Waals surface area contributed by atoms with Crippen LogP contribution in [-0.2, 0) is 22.6 Å². The van der Waals surface area contributed by atoms with Gasteiger partial charge in [0.05, 0.1) is 24.4 Å². The predicted molar refractivity (Wildman–Crippen MR) is 93.3 cm³/mol. The van der Waals surface area contributed by atoms with E-state index in [0.29, 0.717) is 23.2 Å². The standard InChI is InChI=1S/C17H17ClN4O3/c1-10-7-13(25-22-10)8-15(23)19-17-16(14(9-24-2)20-21-17)11-3-5-12(18)6-4-11/h3-7H,8-9H2,1-2H3,(H2,19,20,21,23). The molecule has 25 heavy (non-hydrogen) atoms. The van der Waals surface area contributed by atoms with Crippen LogP contribution >= 0.6 is 11.6 Å². The van der Waals surface area contributed by atoms with Crippen molar-refractivity contribution in [3.05, 3.63) is 52.5 Å². The summed E-state index contributed by atoms with van der Waals surface area (Å²) in [6, 6.07) is 9.01. The Hall–Kier alpha value is -2.64. The second-order valence-corrected chi connectivity index (χ2v) is 5.96. The fraction of sp³-hybridized carbons (Fsp3) is 0.235. The van der Waals surface area contributed by atoms with Gasteiger partial charge in [-0.3, -0.25) is 9.89 Å². The molecule has 0 fully saturated rings. The quantitative estimate of drug-likeness (QED) is 0.703. The summed E-state index contributed by atoms with van der Waals surface area (Å²) in [5.41, 5.74) is 3.12. The van der Waals surface area contributed by atoms with E-state index in [-0.39, 0.29) is 12.3 Å². The van der Waals surface area contributed by atoms with Gasteiger partial charge in [-0.05, 0) is 24.6 Å². The van der Waals surface area contributed by atoms with Crippen molar-refractivity contribution in [2.24, 2.45) is 0 Å². The van der Waals surface area contributed by atoms with Gasteiger partial charge >= 0.3 is 0 Å². The summed E-state index contributed by atoms with van der Waals surface area (Å²) < 4.78 is 10.3. The maximum atomic E-state index is 12.3. The zero-order valence-corrected chi connectivity index (χ0v) is 14.6. The van der Waals surface area contributed by atoms with Crippen molar-refractivity contribution in [2.45, 2.75) is 20.0 Å². The van der Waals surface area contributed by atoms with Gasteiger partial charge in [0.2, 0.25) is 5.91 Å². The second-order valence-electron chi connectivity index (χ2n) is 5.53. The summed E-state index contributed by atoms with van der Waals surface area (Å²) in [5, 5.41) is 14.3. The van der Waals surface area contributed by atoms with Gasteiger partial charge in [0.1, 0.15) is 5.76 Å². The second kappa shape index (κ2) is 7.50. The molecule has 0 aliphatic carbocycles. The number of anilines is 1. The topological polar surface area (TPSA) is 93.0 Å². The summed E-state index contributed by atoms with van der Waals surface area (Å²) in [6.07, 6.45) is 0.0768. The Kier molecular flexibility index (Phi) is 5.16. The van der Waals surface area contributed by atoms with Crippen molar-refractivity contribution < 1.29 is 14.1 Å². The number of ether oxygens (including phenoxy) is 1. The Bertz CT molecular complexity index is 870. The van der Waals surface area contributed by atoms with E-state index in [4.69, 9.17) is 20.9 Å². The van der Waals surface area contributed by atoms with Gasteiger partial charge in [-0.25, -0.2) is 0 Å². The van der Waals surface area contributed by atoms with Crippen molar-refractivity contribution in [3.8, 4) is 11.1 Å². The zero-order valence-electron chi connectivity index (χ0n) is 13.8. The predicted octanol–water partition coefficient (Wildman–Crippen LogP) is 3.35. The molecule has 0 aliphatic heterocycles. The van der Waals surface area contributed by atoms with Crippen LogP contribution in [0.3, 0.4) is 0 Å². The normalized spacial score (nSPS) is 10.8. The minimum Gasteiger partial charge on any atom is -0.378 e. The molecule has 0 bridgehead atoms. The van der Waals surface area contributed by atoms with E-state index in [1.807, 2.05) is 12.1 Å². The van der Waals surface area contributed by atoms with Crippen LogP contribution in [0, 0.1) is 6.92 Å². The van der Waals surface area contributed by atoms with Crippen molar-refractivity contribution in [3.63, 3.8) is 0 Å². The lowest BCUT2D eigenvalue weighted by Crippen LogP contribution is -2.15. The highest BCUT2D eigenvalue weighted by Crippen LogP contribution is 2.31. The molecular weight excluding hydrogens is 344 g/mol. The van der Waals surface area contributed by atoms with Gasteiger partial charge < -0.3 is 14.6 Å². The number of hydrogen-bond donors (Lipinski definition) is 2. The number of aromatic amines is 1. The largest absolute Gasteiger partial charge is 0.378 e. The number of aryl methyl sites for hydroxylation is 1. The third-order valence-corrected chi connectivity index (χ3v) is 3.78. The Morgan fingerprint density at radius 1 is 1.36 bits per heavy atom. The fourth-order valence-electron chi connectivity index (χ4n) is 2.48. The van der Waals surface area contributed by atoms with Crippen LogP contribution in [0.15, 0.2) is 34.9 Å². The average Bonchev–Trinajstić information content (AvgIpc) is 3.15. The minimum atomic E-state index is -0.248. The van der Waals surface area contributed by atoms with Gasteiger partial charge in [0.25, 0.3) is 0 Å². The van der Waals surface area contributed by atoms with E-state index in [2.05, 4.69) is 20.7 Å². The summed E-state index contributed by atoms with van der Waals surface area (Å²) in [7, 11) is 1.59. The molecule has 0 radical (unpaired) electrons. The fourth-order valence-corrected chi connectivity index (χ4v) is 2.60. The number of rotatable bonds is 6. The maximum Gasteiger partial charge on any atom is 0.233 e. The molecule has 3 rings (SSSR count). The lowest BCUT2D eigenvalue weighted by Gasteiger charge is -2.07. The number of amides is 1. The smallest absolute Gasteiger partial charge is 0.233 e. The Morgan fingerprint density at radius 2 is 2.12 bits per heavy atom. The van der Waals surface area contributed by atoms with Gasteiger partial charge in [-0.15, -0.1) is 0 Å². The van der Waals surface area contributed by atoms with Crippen LogP contribution in [0.25, 0.3) is 11.1 Å². The first-order valence-corrected chi connectivity index (χ1v) is 7.98. The number of nitrogens with one attached hydrogen (secondary N) is 2. The lowest BCUT2D eigenvalue weighted by atomic mass is 10.1. The molecule has 2 N–H and O–H groups in total. The molecule has 3 aromatic rings. The van der Waals surface area contributed by atoms with Crippen LogP contribution in [0.1, 0.15) is 17.1 Å². The summed E-state index contributed by atoms with van der Waals surface area (Å²) in [6.45, 7) is 2.14. The number of aromatic nitrogens is 3. The molecule has 1 aromatic carbocycles. The molecule has 130 valence electrons. The molecule has 0 atom stereocenters. The number of carbonyl (C=O) groups excluding carboxylic acids is 1. The number of halogens is 1. The summed E-state index contributed by atoms with van der Waals surface area (Å²) in [5.74, 6) is 0.674. The highest BCUT2D eigenvalue weighted by molar-refractivity contribution is 6.30. The monoisotopic (exact) mass is 360 g/mol. The first-order chi connectivity index (χ1) is 12.1. The van der Waals surface area contributed by atoms with E-state index in [1.165, 1.54) is 0 Å². The van der Waals surface area contributed by atoms with E-state index in [1.54, 1.807) is 32.2 Å². The number of carbonyl (C=O) groups is 1. The molecule has 0 saturated carbocycles. The minimum absolute atomic E-state index is 0.0768. The van der Waals surface area contributed by atoms with E-state index in [9.17, 15) is 4.79 Å². The van der Waals surface area contributed by atoms with Crippen molar-refractivity contribution >= 4 is 23.3 Å². The van der Waals surface area contributed by atoms with Crippen molar-refractivity contribution in [2.75, 3.05) is 12.4 Å². The van der Waals surface area contributed by atoms with Crippen LogP contribution in [0.5, 0.6) is 0 Å². The number of benzene rings is 1. The molecule has 0 unspecified atom stereocenters. The number of hydrogen-bond acceptors (Lipinski definition) is 5. The molecule has 0 saturated heterocycles. The molecule has 2 aromatic heterocycles. The molecule has 7 nitrogen and oxygen atoms in total. The Labute approximate surface area is 149 Å². The van der Waals surface area contributed by atoms with E-state index in [0.717, 1.165) is 22.5 Å². The lowest BCUT2D eigenvalue weighted by molar-refractivity contribution is -0.115. The van der Waals surface area contributed by atoms with Crippen LogP contribution in [0.4, 0.5) is 5.82 Å². The molecule has 1 amide bonds. The number of methoxy groups -OCH3 is 1. The van der Waals surface area contributed by atoms with Crippen molar-refractivity contribution in [1.82, 2.24) is 15.4 Å². The molecule has 2 heterocycles. The molecule has 0 aliphatic rings. The third kappa shape index (κ3) is 4.07. The number of H-pyrrole nitrogens is 1. The molecule has 0 spiro atoms. The van der Waals surface area contributed by atoms with E-state index >= 15 is 0 Å². The van der Waals surface area contributed by atoms with Crippen LogP contribution in [-0.4, -0.2) is 28.4 Å². The van der Waals surface area contributed by atoms with Gasteiger partial charge in [-0.2, -0.15) is 5.10 Å². The zero-order chi connectivity index (χ0) is 17.8. The Morgan fingerprint density at radius 3 is 2.76 bits per heavy atom. The average molecular weight is 361 g/mol. The maximum absolute atomic E-state index is 12.3. The van der Waals surface area contributed by atoms with Gasteiger partial charge in [-0.1, -0.05) is 28.9 Å². The van der Waals surface area contributed by atoms with Crippen LogP contribution in [0.2, 0.25) is 5.02 Å². The van der Waals surface area contributed by atoms with Crippen LogP contribution < -0.4 is 5.32 Å². The first-order valence-electron chi connectivity index (χ1n) is 7.61. The van der Waals surface area contributed by atoms with Gasteiger partial charge in [0, 0.05) is 23.8 Å².